The predicted octanol–water partition coefficient (Wildman–Crippen LogP) is 3.56. The van der Waals surface area contributed by atoms with Crippen molar-refractivity contribution in [3.05, 3.63) is 44.3 Å². The van der Waals surface area contributed by atoms with Crippen LogP contribution in [0.4, 0.5) is 0 Å². The van der Waals surface area contributed by atoms with E-state index in [1.807, 2.05) is 12.1 Å². The maximum atomic E-state index is 4.26. The first-order chi connectivity index (χ1) is 8.69. The Labute approximate surface area is 120 Å². The van der Waals surface area contributed by atoms with Crippen molar-refractivity contribution in [2.75, 3.05) is 6.54 Å². The van der Waals surface area contributed by atoms with Gasteiger partial charge in [0.2, 0.25) is 0 Å². The summed E-state index contributed by atoms with van der Waals surface area (Å²) in [7, 11) is 0. The van der Waals surface area contributed by atoms with Crippen molar-refractivity contribution in [3.63, 3.8) is 0 Å². The zero-order valence-electron chi connectivity index (χ0n) is 10.5. The van der Waals surface area contributed by atoms with Gasteiger partial charge in [0.1, 0.15) is 10.0 Å². The highest BCUT2D eigenvalue weighted by atomic mass is 79.9. The number of nitrogens with zero attached hydrogens (tertiary/aromatic N) is 2. The molecule has 0 aliphatic carbocycles. The molecule has 2 rings (SSSR count). The molecule has 0 saturated carbocycles. The van der Waals surface area contributed by atoms with Gasteiger partial charge in [0.15, 0.2) is 0 Å². The summed E-state index contributed by atoms with van der Waals surface area (Å²) >= 11 is 5.16. The average Bonchev–Trinajstić information content (AvgIpc) is 2.78. The first-order valence-corrected chi connectivity index (χ1v) is 7.60. The topological polar surface area (TPSA) is 37.8 Å². The number of benzene rings is 1. The molecule has 1 aromatic carbocycles. The van der Waals surface area contributed by atoms with Crippen LogP contribution < -0.4 is 5.32 Å². The van der Waals surface area contributed by atoms with Gasteiger partial charge in [-0.3, -0.25) is 0 Å². The lowest BCUT2D eigenvalue weighted by Gasteiger charge is -2.06. The van der Waals surface area contributed by atoms with Gasteiger partial charge in [0, 0.05) is 10.9 Å². The molecule has 0 spiro atoms. The number of rotatable bonds is 5. The van der Waals surface area contributed by atoms with Crippen molar-refractivity contribution >= 4 is 27.3 Å². The van der Waals surface area contributed by atoms with E-state index in [-0.39, 0.29) is 6.04 Å². The van der Waals surface area contributed by atoms with Gasteiger partial charge >= 0.3 is 0 Å². The number of nitrogens with one attached hydrogen (secondary N) is 1. The molecule has 18 heavy (non-hydrogen) atoms. The van der Waals surface area contributed by atoms with Crippen LogP contribution in [-0.2, 0) is 6.42 Å². The van der Waals surface area contributed by atoms with Gasteiger partial charge in [0.25, 0.3) is 0 Å². The molecule has 1 N–H and O–H groups in total. The number of hydrogen-bond donors (Lipinski definition) is 1. The monoisotopic (exact) mass is 325 g/mol. The van der Waals surface area contributed by atoms with E-state index in [0.717, 1.165) is 27.5 Å². The van der Waals surface area contributed by atoms with E-state index in [9.17, 15) is 0 Å². The summed E-state index contributed by atoms with van der Waals surface area (Å²) in [5.74, 6) is 0. The van der Waals surface area contributed by atoms with E-state index >= 15 is 0 Å². The number of aromatic nitrogens is 2. The zero-order chi connectivity index (χ0) is 13.0. The Morgan fingerprint density at radius 1 is 1.39 bits per heavy atom. The van der Waals surface area contributed by atoms with Crippen LogP contribution in [0.5, 0.6) is 0 Å². The van der Waals surface area contributed by atoms with Gasteiger partial charge in [-0.25, -0.2) is 0 Å². The maximum absolute atomic E-state index is 4.26. The van der Waals surface area contributed by atoms with E-state index in [4.69, 9.17) is 0 Å². The molecule has 0 bridgehead atoms. The quantitative estimate of drug-likeness (QED) is 0.913. The molecule has 0 fully saturated rings. The highest BCUT2D eigenvalue weighted by Gasteiger charge is 2.11. The Balaban J connectivity index is 2.06. The van der Waals surface area contributed by atoms with Gasteiger partial charge in [0.05, 0.1) is 6.04 Å². The standard InChI is InChI=1S/C13H16BrN3S/c1-3-15-9(2)13-17-16-12(18-13)8-10-5-4-6-11(14)7-10/h4-7,9,15H,3,8H2,1-2H3. The van der Waals surface area contributed by atoms with Crippen molar-refractivity contribution in [1.29, 1.82) is 0 Å². The molecule has 0 aliphatic heterocycles. The molecule has 0 radical (unpaired) electrons. The van der Waals surface area contributed by atoms with E-state index < -0.39 is 0 Å². The molecule has 1 atom stereocenters. The second-order valence-corrected chi connectivity index (χ2v) is 6.13. The SMILES string of the molecule is CCNC(C)c1nnc(Cc2cccc(Br)c2)s1. The minimum atomic E-state index is 0.281. The van der Waals surface area contributed by atoms with Crippen molar-refractivity contribution in [3.8, 4) is 0 Å². The van der Waals surface area contributed by atoms with Gasteiger partial charge in [-0.2, -0.15) is 0 Å². The second kappa shape index (κ2) is 6.41. The summed E-state index contributed by atoms with van der Waals surface area (Å²) in [5.41, 5.74) is 1.25. The zero-order valence-corrected chi connectivity index (χ0v) is 12.9. The van der Waals surface area contributed by atoms with Crippen LogP contribution in [0.25, 0.3) is 0 Å². The maximum Gasteiger partial charge on any atom is 0.134 e. The average molecular weight is 326 g/mol. The van der Waals surface area contributed by atoms with E-state index in [0.29, 0.717) is 0 Å². The van der Waals surface area contributed by atoms with Gasteiger partial charge in [-0.15, -0.1) is 10.2 Å². The summed E-state index contributed by atoms with van der Waals surface area (Å²) in [5, 5.41) is 14.0. The summed E-state index contributed by atoms with van der Waals surface area (Å²) in [6.07, 6.45) is 0.843. The van der Waals surface area contributed by atoms with E-state index in [1.54, 1.807) is 11.3 Å². The number of halogens is 1. The smallest absolute Gasteiger partial charge is 0.134 e. The fourth-order valence-electron chi connectivity index (χ4n) is 1.73. The molecule has 1 aromatic heterocycles. The Bertz CT molecular complexity index is 512. The van der Waals surface area contributed by atoms with E-state index in [2.05, 4.69) is 57.4 Å². The van der Waals surface area contributed by atoms with Crippen LogP contribution in [0.2, 0.25) is 0 Å². The third-order valence-electron chi connectivity index (χ3n) is 2.61. The fourth-order valence-corrected chi connectivity index (χ4v) is 3.08. The third-order valence-corrected chi connectivity index (χ3v) is 4.21. The summed E-state index contributed by atoms with van der Waals surface area (Å²) in [6.45, 7) is 5.16. The fraction of sp³-hybridized carbons (Fsp3) is 0.385. The molecule has 96 valence electrons. The first kappa shape index (κ1) is 13.6. The first-order valence-electron chi connectivity index (χ1n) is 5.99. The summed E-state index contributed by atoms with van der Waals surface area (Å²) in [4.78, 5) is 0. The highest BCUT2D eigenvalue weighted by molar-refractivity contribution is 9.10. The van der Waals surface area contributed by atoms with Gasteiger partial charge in [-0.05, 0) is 31.2 Å². The molecule has 2 aromatic rings. The predicted molar refractivity (Wildman–Crippen MR) is 78.9 cm³/mol. The largest absolute Gasteiger partial charge is 0.308 e. The summed E-state index contributed by atoms with van der Waals surface area (Å²) in [6, 6.07) is 8.59. The van der Waals surface area contributed by atoms with Crippen LogP contribution in [0.15, 0.2) is 28.7 Å². The Hall–Kier alpha value is -0.780. The van der Waals surface area contributed by atoms with Gasteiger partial charge in [-0.1, -0.05) is 46.3 Å². The highest BCUT2D eigenvalue weighted by Crippen LogP contribution is 2.21. The molecule has 0 aliphatic rings. The van der Waals surface area contributed by atoms with Crippen molar-refractivity contribution in [1.82, 2.24) is 15.5 Å². The minimum absolute atomic E-state index is 0.281. The number of hydrogen-bond acceptors (Lipinski definition) is 4. The minimum Gasteiger partial charge on any atom is -0.308 e. The summed E-state index contributed by atoms with van der Waals surface area (Å²) < 4.78 is 1.10. The van der Waals surface area contributed by atoms with Crippen LogP contribution in [0.1, 0.15) is 35.5 Å². The van der Waals surface area contributed by atoms with Crippen LogP contribution in [-0.4, -0.2) is 16.7 Å². The molecule has 3 nitrogen and oxygen atoms in total. The van der Waals surface area contributed by atoms with Crippen molar-refractivity contribution in [2.45, 2.75) is 26.3 Å². The molecular formula is C13H16BrN3S. The van der Waals surface area contributed by atoms with Crippen molar-refractivity contribution in [2.24, 2.45) is 0 Å². The third kappa shape index (κ3) is 3.60. The lowest BCUT2D eigenvalue weighted by molar-refractivity contribution is 0.589. The molecule has 0 saturated heterocycles. The van der Waals surface area contributed by atoms with Crippen LogP contribution in [0, 0.1) is 0 Å². The lowest BCUT2D eigenvalue weighted by atomic mass is 10.2. The Morgan fingerprint density at radius 2 is 2.22 bits per heavy atom. The molecule has 0 amide bonds. The molecule has 1 heterocycles. The second-order valence-electron chi connectivity index (χ2n) is 4.12. The molecular weight excluding hydrogens is 310 g/mol. The van der Waals surface area contributed by atoms with Crippen LogP contribution in [0.3, 0.4) is 0 Å². The normalized spacial score (nSPS) is 12.6. The van der Waals surface area contributed by atoms with E-state index in [1.165, 1.54) is 5.56 Å². The van der Waals surface area contributed by atoms with Crippen LogP contribution >= 0.6 is 27.3 Å². The molecule has 1 unspecified atom stereocenters. The Kier molecular flexibility index (Phi) is 4.86. The Morgan fingerprint density at radius 3 is 2.94 bits per heavy atom. The lowest BCUT2D eigenvalue weighted by Crippen LogP contribution is -2.17. The van der Waals surface area contributed by atoms with Crippen molar-refractivity contribution < 1.29 is 0 Å². The molecule has 5 heteroatoms. The van der Waals surface area contributed by atoms with Gasteiger partial charge < -0.3 is 5.32 Å².